The van der Waals surface area contributed by atoms with Gasteiger partial charge in [-0.1, -0.05) is 115 Å². The summed E-state index contributed by atoms with van der Waals surface area (Å²) in [5.74, 6) is -0.895. The number of benzene rings is 4. The predicted octanol–water partition coefficient (Wildman–Crippen LogP) is 6.61. The fourth-order valence-corrected chi connectivity index (χ4v) is 6.40. The molecule has 240 valence electrons. The molecule has 0 saturated carbocycles. The van der Waals surface area contributed by atoms with Gasteiger partial charge in [0.2, 0.25) is 0 Å². The summed E-state index contributed by atoms with van der Waals surface area (Å²) in [6, 6.07) is 36.7. The van der Waals surface area contributed by atoms with Gasteiger partial charge in [-0.05, 0) is 28.8 Å². The molecular weight excluding hydrogens is 604 g/mol. The maximum Gasteiger partial charge on any atom is 0.338 e. The van der Waals surface area contributed by atoms with Gasteiger partial charge in [-0.25, -0.2) is 4.79 Å². The fraction of sp³-hybridized carbons (Fsp3) is 0.297. The van der Waals surface area contributed by atoms with Crippen LogP contribution in [0.1, 0.15) is 34.0 Å². The smallest absolute Gasteiger partial charge is 0.338 e. The fourth-order valence-electron chi connectivity index (χ4n) is 5.15. The molecule has 0 aromatic heterocycles. The zero-order chi connectivity index (χ0) is 32.1. The molecule has 1 aliphatic heterocycles. The highest BCUT2D eigenvalue weighted by atomic mass is 32.2. The third-order valence-electron chi connectivity index (χ3n) is 7.43. The second-order valence-corrected chi connectivity index (χ2v) is 11.9. The summed E-state index contributed by atoms with van der Waals surface area (Å²) in [5.41, 5.74) is 2.66. The van der Waals surface area contributed by atoms with Crippen molar-refractivity contribution >= 4 is 23.7 Å². The van der Waals surface area contributed by atoms with Crippen LogP contribution in [0.5, 0.6) is 0 Å². The van der Waals surface area contributed by atoms with Crippen molar-refractivity contribution in [2.24, 2.45) is 0 Å². The van der Waals surface area contributed by atoms with E-state index < -0.39 is 41.8 Å². The van der Waals surface area contributed by atoms with Gasteiger partial charge in [0, 0.05) is 11.8 Å². The van der Waals surface area contributed by atoms with Gasteiger partial charge in [0.05, 0.1) is 32.5 Å². The number of carbonyl (C=O) groups excluding carboxylic acids is 2. The molecule has 9 heteroatoms. The van der Waals surface area contributed by atoms with E-state index in [9.17, 15) is 9.59 Å². The minimum atomic E-state index is -0.701. The highest BCUT2D eigenvalue weighted by molar-refractivity contribution is 8.00. The third kappa shape index (κ3) is 9.28. The van der Waals surface area contributed by atoms with E-state index in [0.29, 0.717) is 17.1 Å². The lowest BCUT2D eigenvalue weighted by atomic mass is 9.99. The quantitative estimate of drug-likeness (QED) is 0.141. The first kappa shape index (κ1) is 33.4. The Hall–Kier alpha value is -3.99. The van der Waals surface area contributed by atoms with E-state index >= 15 is 0 Å². The van der Waals surface area contributed by atoms with E-state index in [4.69, 9.17) is 28.4 Å². The molecule has 1 fully saturated rings. The highest BCUT2D eigenvalue weighted by Crippen LogP contribution is 2.39. The first-order valence-corrected chi connectivity index (χ1v) is 16.0. The molecule has 0 bridgehead atoms. The van der Waals surface area contributed by atoms with Gasteiger partial charge in [0.15, 0.2) is 0 Å². The van der Waals surface area contributed by atoms with Crippen molar-refractivity contribution in [3.8, 4) is 0 Å². The Bertz CT molecular complexity index is 1520. The van der Waals surface area contributed by atoms with E-state index in [1.165, 1.54) is 25.8 Å². The average Bonchev–Trinajstić information content (AvgIpc) is 3.10. The van der Waals surface area contributed by atoms with Gasteiger partial charge in [-0.3, -0.25) is 4.79 Å². The van der Waals surface area contributed by atoms with Crippen LogP contribution in [0.15, 0.2) is 120 Å². The predicted molar refractivity (Wildman–Crippen MR) is 174 cm³/mol. The van der Waals surface area contributed by atoms with E-state index in [-0.39, 0.29) is 19.8 Å². The van der Waals surface area contributed by atoms with E-state index in [1.807, 2.05) is 103 Å². The molecule has 0 N–H and O–H groups in total. The number of hydrogen-bond donors (Lipinski definition) is 0. The number of thioether (sulfide) groups is 1. The van der Waals surface area contributed by atoms with Crippen LogP contribution in [-0.4, -0.2) is 55.5 Å². The van der Waals surface area contributed by atoms with Crippen molar-refractivity contribution in [1.82, 2.24) is 0 Å². The molecule has 1 saturated heterocycles. The number of methoxy groups -OCH3 is 1. The Kier molecular flexibility index (Phi) is 12.4. The summed E-state index contributed by atoms with van der Waals surface area (Å²) in [6.07, 6.45) is -2.68. The summed E-state index contributed by atoms with van der Waals surface area (Å²) >= 11 is 1.33. The summed E-state index contributed by atoms with van der Waals surface area (Å²) in [7, 11) is 1.35. The monoisotopic (exact) mass is 642 g/mol. The maximum atomic E-state index is 12.7. The summed E-state index contributed by atoms with van der Waals surface area (Å²) in [5, 5.41) is 0. The molecule has 0 amide bonds. The van der Waals surface area contributed by atoms with E-state index in [0.717, 1.165) is 16.7 Å². The Balaban J connectivity index is 1.52. The Morgan fingerprint density at radius 1 is 0.652 bits per heavy atom. The SMILES string of the molecule is COC(=O)c1ccccc1S[C@@H]1O[C@H](COC(C)=O)[C@H](OCc2ccccc2)[C@H](OCc2ccccc2)[C@H]1OCc1ccccc1. The molecule has 0 aliphatic carbocycles. The van der Waals surface area contributed by atoms with Crippen molar-refractivity contribution < 1.29 is 38.0 Å². The minimum Gasteiger partial charge on any atom is -0.465 e. The molecule has 5 atom stereocenters. The van der Waals surface area contributed by atoms with Crippen molar-refractivity contribution in [3.63, 3.8) is 0 Å². The topological polar surface area (TPSA) is 89.5 Å². The van der Waals surface area contributed by atoms with Crippen LogP contribution in [0.4, 0.5) is 0 Å². The maximum absolute atomic E-state index is 12.7. The third-order valence-corrected chi connectivity index (χ3v) is 8.65. The molecule has 4 aromatic carbocycles. The van der Waals surface area contributed by atoms with Crippen LogP contribution in [0, 0.1) is 0 Å². The lowest BCUT2D eigenvalue weighted by Crippen LogP contribution is -2.60. The number of hydrogen-bond acceptors (Lipinski definition) is 9. The van der Waals surface area contributed by atoms with Crippen molar-refractivity contribution in [3.05, 3.63) is 138 Å². The van der Waals surface area contributed by atoms with E-state index in [2.05, 4.69) is 0 Å². The Labute approximate surface area is 273 Å². The van der Waals surface area contributed by atoms with Gasteiger partial charge in [0.25, 0.3) is 0 Å². The first-order valence-electron chi connectivity index (χ1n) is 15.1. The van der Waals surface area contributed by atoms with Gasteiger partial charge in [-0.2, -0.15) is 0 Å². The van der Waals surface area contributed by atoms with Crippen LogP contribution in [0.25, 0.3) is 0 Å². The van der Waals surface area contributed by atoms with E-state index in [1.54, 1.807) is 12.1 Å². The second kappa shape index (κ2) is 17.1. The van der Waals surface area contributed by atoms with Crippen molar-refractivity contribution in [2.75, 3.05) is 13.7 Å². The molecule has 46 heavy (non-hydrogen) atoms. The highest BCUT2D eigenvalue weighted by Gasteiger charge is 2.49. The van der Waals surface area contributed by atoms with Gasteiger partial charge in [0.1, 0.15) is 36.5 Å². The summed E-state index contributed by atoms with van der Waals surface area (Å²) in [6.45, 7) is 2.16. The normalized spacial score (nSPS) is 21.0. The summed E-state index contributed by atoms with van der Waals surface area (Å²) in [4.78, 5) is 25.3. The van der Waals surface area contributed by atoms with Gasteiger partial charge < -0.3 is 28.4 Å². The van der Waals surface area contributed by atoms with Crippen LogP contribution in [0.2, 0.25) is 0 Å². The molecule has 0 unspecified atom stereocenters. The number of ether oxygens (including phenoxy) is 6. The van der Waals surface area contributed by atoms with Crippen LogP contribution in [0.3, 0.4) is 0 Å². The number of rotatable bonds is 14. The molecule has 1 aliphatic rings. The van der Waals surface area contributed by atoms with Gasteiger partial charge >= 0.3 is 11.9 Å². The molecule has 8 nitrogen and oxygen atoms in total. The molecule has 0 spiro atoms. The average molecular weight is 643 g/mol. The standard InChI is InChI=1S/C37H38O8S/c1-26(38)41-25-31-33(42-22-27-14-6-3-7-15-27)34(43-23-28-16-8-4-9-17-28)35(44-24-29-18-10-5-11-19-29)37(45-31)46-32-21-13-12-20-30(32)36(39)40-2/h3-21,31,33-35,37H,22-25H2,1-2H3/t31-,33+,34+,35-,37+/m1/s1. The van der Waals surface area contributed by atoms with Crippen LogP contribution >= 0.6 is 11.8 Å². The zero-order valence-corrected chi connectivity index (χ0v) is 26.7. The Morgan fingerprint density at radius 3 is 1.65 bits per heavy atom. The molecule has 1 heterocycles. The number of carbonyl (C=O) groups is 2. The largest absolute Gasteiger partial charge is 0.465 e. The minimum absolute atomic E-state index is 0.0545. The molecule has 5 rings (SSSR count). The summed E-state index contributed by atoms with van der Waals surface area (Å²) < 4.78 is 37.2. The Morgan fingerprint density at radius 2 is 1.13 bits per heavy atom. The van der Waals surface area contributed by atoms with Crippen molar-refractivity contribution in [2.45, 2.75) is 61.5 Å². The molecule has 4 aromatic rings. The zero-order valence-electron chi connectivity index (χ0n) is 25.9. The molecule has 0 radical (unpaired) electrons. The second-order valence-electron chi connectivity index (χ2n) is 10.7. The van der Waals surface area contributed by atoms with Crippen molar-refractivity contribution in [1.29, 1.82) is 0 Å². The van der Waals surface area contributed by atoms with Gasteiger partial charge in [-0.15, -0.1) is 0 Å². The number of esters is 2. The lowest BCUT2D eigenvalue weighted by Gasteiger charge is -2.46. The lowest BCUT2D eigenvalue weighted by molar-refractivity contribution is -0.253. The molecular formula is C37H38O8S. The van der Waals surface area contributed by atoms with Crippen LogP contribution < -0.4 is 0 Å². The van der Waals surface area contributed by atoms with Crippen LogP contribution in [-0.2, 0) is 53.0 Å². The first-order chi connectivity index (χ1) is 22.5.